The molecule has 6 heteroatoms. The Morgan fingerprint density at radius 1 is 1.06 bits per heavy atom. The van der Waals surface area contributed by atoms with Crippen molar-refractivity contribution in [3.63, 3.8) is 0 Å². The molecule has 2 aliphatic rings. The number of nitrogens with zero attached hydrogens (tertiary/aromatic N) is 1. The Morgan fingerprint density at radius 3 is 2.56 bits per heavy atom. The summed E-state index contributed by atoms with van der Waals surface area (Å²) < 4.78 is 7.08. The lowest BCUT2D eigenvalue weighted by Crippen LogP contribution is -2.11. The molecule has 2 aromatic carbocycles. The highest BCUT2D eigenvalue weighted by atomic mass is 16.5. The van der Waals surface area contributed by atoms with Gasteiger partial charge in [0.15, 0.2) is 0 Å². The molecular weight excluding hydrogens is 406 g/mol. The van der Waals surface area contributed by atoms with Crippen LogP contribution in [0.3, 0.4) is 0 Å². The molecule has 1 saturated carbocycles. The maximum atomic E-state index is 12.6. The van der Waals surface area contributed by atoms with Crippen LogP contribution in [0.15, 0.2) is 42.0 Å². The molecule has 0 spiro atoms. The smallest absolute Gasteiger partial charge is 0.335 e. The minimum atomic E-state index is -0.982. The van der Waals surface area contributed by atoms with Gasteiger partial charge in [-0.05, 0) is 66.3 Å². The molecule has 2 N–H and O–H groups in total. The summed E-state index contributed by atoms with van der Waals surface area (Å²) in [6.45, 7) is 0.268. The third kappa shape index (κ3) is 3.27. The van der Waals surface area contributed by atoms with Crippen molar-refractivity contribution in [1.29, 1.82) is 0 Å². The van der Waals surface area contributed by atoms with Gasteiger partial charge in [-0.1, -0.05) is 25.3 Å². The summed E-state index contributed by atoms with van der Waals surface area (Å²) in [5, 5.41) is 20.8. The van der Waals surface area contributed by atoms with Crippen LogP contribution >= 0.6 is 0 Å². The van der Waals surface area contributed by atoms with E-state index in [1.54, 1.807) is 30.3 Å². The number of aromatic nitrogens is 1. The number of methoxy groups -OCH3 is 1. The lowest BCUT2D eigenvalue weighted by molar-refractivity contribution is -0.136. The zero-order chi connectivity index (χ0) is 22.4. The number of carbonyl (C=O) groups is 2. The Labute approximate surface area is 185 Å². The second kappa shape index (κ2) is 7.86. The summed E-state index contributed by atoms with van der Waals surface area (Å²) in [5.74, 6) is -0.937. The predicted octanol–water partition coefficient (Wildman–Crippen LogP) is 5.33. The normalized spacial score (nSPS) is 16.1. The largest absolute Gasteiger partial charge is 0.508 e. The summed E-state index contributed by atoms with van der Waals surface area (Å²) in [4.78, 5) is 24.3. The third-order valence-corrected chi connectivity index (χ3v) is 6.76. The molecule has 164 valence electrons. The van der Waals surface area contributed by atoms with Crippen LogP contribution in [-0.2, 0) is 16.1 Å². The molecule has 0 saturated heterocycles. The molecule has 32 heavy (non-hydrogen) atoms. The number of benzene rings is 2. The van der Waals surface area contributed by atoms with Gasteiger partial charge >= 0.3 is 11.9 Å². The topological polar surface area (TPSA) is 88.8 Å². The number of aromatic hydroxyl groups is 1. The van der Waals surface area contributed by atoms with E-state index in [-0.39, 0.29) is 17.9 Å². The van der Waals surface area contributed by atoms with Gasteiger partial charge in [0.1, 0.15) is 5.75 Å². The number of carboxylic acid groups (broad SMARTS) is 1. The maximum absolute atomic E-state index is 12.6. The van der Waals surface area contributed by atoms with E-state index in [4.69, 9.17) is 4.74 Å². The first-order chi connectivity index (χ1) is 15.5. The van der Waals surface area contributed by atoms with Gasteiger partial charge in [0.2, 0.25) is 0 Å². The van der Waals surface area contributed by atoms with Gasteiger partial charge in [-0.15, -0.1) is 0 Å². The maximum Gasteiger partial charge on any atom is 0.335 e. The minimum absolute atomic E-state index is 0.126. The molecule has 0 amide bonds. The SMILES string of the molecule is COC(=O)C1=Cc2cc(O)ccc2-c2c(C3CCCCC3)c3ccc(C(=O)O)cc3n2C1. The fourth-order valence-electron chi connectivity index (χ4n) is 5.31. The number of ether oxygens (including phenoxy) is 1. The Bertz CT molecular complexity index is 1280. The predicted molar refractivity (Wildman–Crippen MR) is 122 cm³/mol. The zero-order valence-electron chi connectivity index (χ0n) is 17.9. The Balaban J connectivity index is 1.87. The van der Waals surface area contributed by atoms with Crippen molar-refractivity contribution >= 4 is 28.9 Å². The van der Waals surface area contributed by atoms with E-state index in [2.05, 4.69) is 4.57 Å². The fraction of sp³-hybridized carbons (Fsp3) is 0.308. The van der Waals surface area contributed by atoms with Crippen molar-refractivity contribution in [2.45, 2.75) is 44.6 Å². The summed E-state index contributed by atoms with van der Waals surface area (Å²) >= 11 is 0. The molecule has 1 aromatic heterocycles. The number of carbonyl (C=O) groups excluding carboxylic acids is 1. The van der Waals surface area contributed by atoms with E-state index < -0.39 is 11.9 Å². The van der Waals surface area contributed by atoms with Gasteiger partial charge < -0.3 is 19.5 Å². The fourth-order valence-corrected chi connectivity index (χ4v) is 5.31. The number of esters is 1. The average molecular weight is 431 g/mol. The highest BCUT2D eigenvalue weighted by molar-refractivity contribution is 6.02. The van der Waals surface area contributed by atoms with Crippen LogP contribution in [-0.4, -0.2) is 33.8 Å². The van der Waals surface area contributed by atoms with Crippen molar-refractivity contribution in [2.75, 3.05) is 7.11 Å². The third-order valence-electron chi connectivity index (χ3n) is 6.76. The van der Waals surface area contributed by atoms with Gasteiger partial charge in [-0.25, -0.2) is 9.59 Å². The molecule has 0 unspecified atom stereocenters. The van der Waals surface area contributed by atoms with E-state index in [1.807, 2.05) is 12.1 Å². The number of hydrogen-bond acceptors (Lipinski definition) is 4. The summed E-state index contributed by atoms with van der Waals surface area (Å²) in [6.07, 6.45) is 7.49. The number of fused-ring (bicyclic) bond motifs is 5. The lowest BCUT2D eigenvalue weighted by atomic mass is 9.81. The molecule has 1 aliphatic heterocycles. The summed E-state index contributed by atoms with van der Waals surface area (Å²) in [6, 6.07) is 10.5. The van der Waals surface area contributed by atoms with E-state index in [1.165, 1.54) is 19.1 Å². The minimum Gasteiger partial charge on any atom is -0.508 e. The van der Waals surface area contributed by atoms with Gasteiger partial charge in [0, 0.05) is 16.5 Å². The van der Waals surface area contributed by atoms with Gasteiger partial charge in [0.25, 0.3) is 0 Å². The molecule has 0 bridgehead atoms. The molecule has 6 nitrogen and oxygen atoms in total. The van der Waals surface area contributed by atoms with Crippen LogP contribution in [0.2, 0.25) is 0 Å². The molecule has 0 radical (unpaired) electrons. The number of carboxylic acids is 1. The molecule has 5 rings (SSSR count). The van der Waals surface area contributed by atoms with E-state index in [0.717, 1.165) is 53.4 Å². The Morgan fingerprint density at radius 2 is 1.84 bits per heavy atom. The van der Waals surface area contributed by atoms with Crippen LogP contribution in [0.1, 0.15) is 59.5 Å². The number of phenols is 1. The van der Waals surface area contributed by atoms with E-state index in [0.29, 0.717) is 11.5 Å². The second-order valence-corrected chi connectivity index (χ2v) is 8.65. The Kier molecular flexibility index (Phi) is 5.00. The summed E-state index contributed by atoms with van der Waals surface area (Å²) in [7, 11) is 1.35. The zero-order valence-corrected chi connectivity index (χ0v) is 17.9. The van der Waals surface area contributed by atoms with Crippen molar-refractivity contribution in [2.24, 2.45) is 0 Å². The van der Waals surface area contributed by atoms with Crippen LogP contribution in [0, 0.1) is 0 Å². The lowest BCUT2D eigenvalue weighted by Gasteiger charge is -2.24. The standard InChI is InChI=1S/C26H25NO5/c1-32-26(31)18-11-17-12-19(28)8-10-20(17)24-23(15-5-3-2-4-6-15)21-9-7-16(25(29)30)13-22(21)27(24)14-18/h7-13,15,28H,2-6,14H2,1H3,(H,29,30). The van der Waals surface area contributed by atoms with Gasteiger partial charge in [0.05, 0.1) is 30.5 Å². The number of rotatable bonds is 3. The van der Waals surface area contributed by atoms with E-state index in [9.17, 15) is 19.8 Å². The summed E-state index contributed by atoms with van der Waals surface area (Å²) in [5.41, 5.74) is 5.36. The monoisotopic (exact) mass is 431 g/mol. The highest BCUT2D eigenvalue weighted by Crippen LogP contribution is 2.47. The van der Waals surface area contributed by atoms with Crippen LogP contribution in [0.4, 0.5) is 0 Å². The number of phenolic OH excluding ortho intramolecular Hbond substituents is 1. The highest BCUT2D eigenvalue weighted by Gasteiger charge is 2.30. The molecule has 2 heterocycles. The molecule has 1 aliphatic carbocycles. The average Bonchev–Trinajstić information content (AvgIpc) is 3.01. The van der Waals surface area contributed by atoms with Gasteiger partial charge in [-0.3, -0.25) is 0 Å². The first kappa shape index (κ1) is 20.4. The van der Waals surface area contributed by atoms with Crippen molar-refractivity contribution in [1.82, 2.24) is 4.57 Å². The Hall–Kier alpha value is -3.54. The quantitative estimate of drug-likeness (QED) is 0.547. The van der Waals surface area contributed by atoms with Crippen molar-refractivity contribution in [3.8, 4) is 17.0 Å². The van der Waals surface area contributed by atoms with Crippen LogP contribution < -0.4 is 0 Å². The number of aromatic carboxylic acids is 1. The van der Waals surface area contributed by atoms with Crippen LogP contribution in [0.25, 0.3) is 28.2 Å². The first-order valence-corrected chi connectivity index (χ1v) is 11.0. The van der Waals surface area contributed by atoms with Crippen LogP contribution in [0.5, 0.6) is 5.75 Å². The second-order valence-electron chi connectivity index (χ2n) is 8.65. The molecule has 0 atom stereocenters. The first-order valence-electron chi connectivity index (χ1n) is 11.0. The number of hydrogen-bond donors (Lipinski definition) is 2. The molecular formula is C26H25NO5. The van der Waals surface area contributed by atoms with Crippen molar-refractivity contribution < 1.29 is 24.5 Å². The van der Waals surface area contributed by atoms with Gasteiger partial charge in [-0.2, -0.15) is 0 Å². The van der Waals surface area contributed by atoms with E-state index >= 15 is 0 Å². The molecule has 3 aromatic rings. The molecule has 1 fully saturated rings. The van der Waals surface area contributed by atoms with Crippen molar-refractivity contribution in [3.05, 3.63) is 58.7 Å².